The minimum Gasteiger partial charge on any atom is -0.504 e. The van der Waals surface area contributed by atoms with E-state index in [9.17, 15) is 19.1 Å². The summed E-state index contributed by atoms with van der Waals surface area (Å²) in [4.78, 5) is 22.6. The van der Waals surface area contributed by atoms with Gasteiger partial charge < -0.3 is 14.6 Å². The van der Waals surface area contributed by atoms with Crippen molar-refractivity contribution in [3.63, 3.8) is 0 Å². The van der Waals surface area contributed by atoms with E-state index in [0.717, 1.165) is 19.2 Å². The number of carbonyl (C=O) groups excluding carboxylic acids is 2. The fraction of sp³-hybridized carbons (Fsp3) is 0.273. The van der Waals surface area contributed by atoms with Crippen LogP contribution in [0.15, 0.2) is 12.1 Å². The van der Waals surface area contributed by atoms with Crippen LogP contribution in [0.25, 0.3) is 0 Å². The molecule has 0 heterocycles. The van der Waals surface area contributed by atoms with Gasteiger partial charge in [0.2, 0.25) is 0 Å². The van der Waals surface area contributed by atoms with Gasteiger partial charge in [-0.2, -0.15) is 0 Å². The Morgan fingerprint density at radius 1 is 1.41 bits per heavy atom. The molecule has 0 unspecified atom stereocenters. The molecule has 0 aliphatic heterocycles. The maximum atomic E-state index is 13.7. The van der Waals surface area contributed by atoms with Crippen LogP contribution in [0.1, 0.15) is 17.3 Å². The number of rotatable bonds is 4. The van der Waals surface area contributed by atoms with Crippen molar-refractivity contribution in [2.45, 2.75) is 6.92 Å². The molecule has 0 amide bonds. The fourth-order valence-corrected chi connectivity index (χ4v) is 1.22. The van der Waals surface area contributed by atoms with Crippen LogP contribution in [0.5, 0.6) is 11.5 Å². The molecule has 6 heteroatoms. The lowest BCUT2D eigenvalue weighted by Gasteiger charge is -2.07. The van der Waals surface area contributed by atoms with E-state index in [4.69, 9.17) is 0 Å². The maximum Gasteiger partial charge on any atom is 0.379 e. The number of benzene rings is 1. The van der Waals surface area contributed by atoms with Gasteiger partial charge in [0.1, 0.15) is 0 Å². The minimum atomic E-state index is -1.15. The monoisotopic (exact) mass is 242 g/mol. The van der Waals surface area contributed by atoms with Crippen molar-refractivity contribution in [1.82, 2.24) is 0 Å². The third-order valence-corrected chi connectivity index (χ3v) is 1.99. The summed E-state index contributed by atoms with van der Waals surface area (Å²) in [6, 6.07) is 2.06. The lowest BCUT2D eigenvalue weighted by atomic mass is 10.1. The summed E-state index contributed by atoms with van der Waals surface area (Å²) in [5.74, 6) is -4.31. The number of carbonyl (C=O) groups is 2. The van der Waals surface area contributed by atoms with Crippen LogP contribution >= 0.6 is 0 Å². The molecule has 1 aromatic rings. The van der Waals surface area contributed by atoms with E-state index in [1.54, 1.807) is 0 Å². The normalized spacial score (nSPS) is 9.82. The zero-order chi connectivity index (χ0) is 13.0. The molecule has 0 atom stereocenters. The van der Waals surface area contributed by atoms with Gasteiger partial charge in [0.05, 0.1) is 19.3 Å². The summed E-state index contributed by atoms with van der Waals surface area (Å²) < 4.78 is 22.7. The van der Waals surface area contributed by atoms with E-state index in [2.05, 4.69) is 9.47 Å². The zero-order valence-corrected chi connectivity index (χ0v) is 9.32. The van der Waals surface area contributed by atoms with E-state index in [0.29, 0.717) is 0 Å². The summed E-state index contributed by atoms with van der Waals surface area (Å²) in [6.07, 6.45) is 0. The first-order valence-corrected chi connectivity index (χ1v) is 4.79. The zero-order valence-electron chi connectivity index (χ0n) is 9.32. The number of hydrogen-bond donors (Lipinski definition) is 1. The molecule has 1 aromatic carbocycles. The Bertz CT molecular complexity index is 455. The Kier molecular flexibility index (Phi) is 4.03. The molecule has 92 valence electrons. The highest BCUT2D eigenvalue weighted by molar-refractivity contribution is 6.40. The summed E-state index contributed by atoms with van der Waals surface area (Å²) in [5.41, 5.74) is -0.502. The molecule has 5 nitrogen and oxygen atoms in total. The average Bonchev–Trinajstić information content (AvgIpc) is 2.29. The number of phenols is 1. The van der Waals surface area contributed by atoms with Crippen LogP contribution in [0.2, 0.25) is 0 Å². The highest BCUT2D eigenvalue weighted by atomic mass is 19.1. The van der Waals surface area contributed by atoms with Crippen molar-refractivity contribution in [2.75, 3.05) is 13.7 Å². The van der Waals surface area contributed by atoms with Crippen molar-refractivity contribution in [3.8, 4) is 11.5 Å². The van der Waals surface area contributed by atoms with Crippen LogP contribution in [0.4, 0.5) is 4.39 Å². The number of aromatic hydroxyl groups is 1. The van der Waals surface area contributed by atoms with Gasteiger partial charge in [-0.05, 0) is 19.1 Å². The lowest BCUT2D eigenvalue weighted by Crippen LogP contribution is -2.19. The number of methoxy groups -OCH3 is 1. The van der Waals surface area contributed by atoms with Gasteiger partial charge in [-0.15, -0.1) is 0 Å². The Morgan fingerprint density at radius 2 is 2.06 bits per heavy atom. The van der Waals surface area contributed by atoms with E-state index in [1.165, 1.54) is 6.92 Å². The predicted octanol–water partition coefficient (Wildman–Crippen LogP) is 1.29. The van der Waals surface area contributed by atoms with Crippen LogP contribution in [-0.4, -0.2) is 30.6 Å². The molecule has 0 saturated heterocycles. The topological polar surface area (TPSA) is 72.8 Å². The number of Topliss-reactive ketones (excluding diaryl/α,β-unsaturated/α-hetero) is 1. The number of esters is 1. The maximum absolute atomic E-state index is 13.7. The second kappa shape index (κ2) is 5.29. The second-order valence-electron chi connectivity index (χ2n) is 3.03. The Balaban J connectivity index is 3.15. The number of phenolic OH excluding ortho intramolecular Hbond substituents is 1. The average molecular weight is 242 g/mol. The van der Waals surface area contributed by atoms with Gasteiger partial charge in [-0.3, -0.25) is 4.79 Å². The molecule has 0 aliphatic carbocycles. The van der Waals surface area contributed by atoms with Crippen molar-refractivity contribution in [2.24, 2.45) is 0 Å². The molecular weight excluding hydrogens is 231 g/mol. The molecule has 17 heavy (non-hydrogen) atoms. The fourth-order valence-electron chi connectivity index (χ4n) is 1.22. The molecule has 1 rings (SSSR count). The van der Waals surface area contributed by atoms with Gasteiger partial charge in [-0.1, -0.05) is 0 Å². The van der Waals surface area contributed by atoms with Crippen molar-refractivity contribution in [1.29, 1.82) is 0 Å². The molecule has 0 aliphatic rings. The van der Waals surface area contributed by atoms with E-state index in [1.807, 2.05) is 0 Å². The quantitative estimate of drug-likeness (QED) is 0.489. The predicted molar refractivity (Wildman–Crippen MR) is 55.6 cm³/mol. The van der Waals surface area contributed by atoms with Crippen molar-refractivity contribution in [3.05, 3.63) is 23.5 Å². The number of halogens is 1. The summed E-state index contributed by atoms with van der Waals surface area (Å²) >= 11 is 0. The largest absolute Gasteiger partial charge is 0.504 e. The van der Waals surface area contributed by atoms with Crippen LogP contribution in [0, 0.1) is 5.82 Å². The first-order chi connectivity index (χ1) is 8.02. The number of ether oxygens (including phenoxy) is 2. The highest BCUT2D eigenvalue weighted by Crippen LogP contribution is 2.31. The third-order valence-electron chi connectivity index (χ3n) is 1.99. The van der Waals surface area contributed by atoms with Crippen molar-refractivity contribution >= 4 is 11.8 Å². The standard InChI is InChI=1S/C11H11FO5/c1-3-17-11(15)9(14)6-4-5-7(13)10(16-2)8(6)12/h4-5,13H,3H2,1-2H3. The van der Waals surface area contributed by atoms with Gasteiger partial charge in [-0.25, -0.2) is 9.18 Å². The van der Waals surface area contributed by atoms with E-state index < -0.39 is 34.6 Å². The Morgan fingerprint density at radius 3 is 2.59 bits per heavy atom. The summed E-state index contributed by atoms with van der Waals surface area (Å²) in [6.45, 7) is 1.54. The van der Waals surface area contributed by atoms with Gasteiger partial charge in [0.15, 0.2) is 17.3 Å². The number of hydrogen-bond acceptors (Lipinski definition) is 5. The van der Waals surface area contributed by atoms with E-state index in [-0.39, 0.29) is 6.61 Å². The molecule has 0 bridgehead atoms. The van der Waals surface area contributed by atoms with E-state index >= 15 is 0 Å². The van der Waals surface area contributed by atoms with Crippen molar-refractivity contribution < 1.29 is 28.6 Å². The second-order valence-corrected chi connectivity index (χ2v) is 3.03. The molecule has 0 radical (unpaired) electrons. The summed E-state index contributed by atoms with van der Waals surface area (Å²) in [7, 11) is 1.14. The Hall–Kier alpha value is -2.11. The van der Waals surface area contributed by atoms with Crippen LogP contribution < -0.4 is 4.74 Å². The minimum absolute atomic E-state index is 0.0153. The van der Waals surface area contributed by atoms with Gasteiger partial charge in [0, 0.05) is 0 Å². The smallest absolute Gasteiger partial charge is 0.379 e. The molecular formula is C11H11FO5. The van der Waals surface area contributed by atoms with Crippen LogP contribution in [0.3, 0.4) is 0 Å². The highest BCUT2D eigenvalue weighted by Gasteiger charge is 2.24. The molecule has 0 saturated carbocycles. The molecule has 0 spiro atoms. The molecule has 0 aromatic heterocycles. The Labute approximate surface area is 96.8 Å². The first kappa shape index (κ1) is 13.0. The van der Waals surface area contributed by atoms with Gasteiger partial charge in [0.25, 0.3) is 5.78 Å². The third kappa shape index (κ3) is 2.52. The first-order valence-electron chi connectivity index (χ1n) is 4.79. The lowest BCUT2D eigenvalue weighted by molar-refractivity contribution is -0.137. The number of ketones is 1. The SMILES string of the molecule is CCOC(=O)C(=O)c1ccc(O)c(OC)c1F. The summed E-state index contributed by atoms with van der Waals surface area (Å²) in [5, 5.41) is 9.25. The van der Waals surface area contributed by atoms with Gasteiger partial charge >= 0.3 is 5.97 Å². The molecule has 1 N–H and O–H groups in total. The molecule has 0 fully saturated rings. The van der Waals surface area contributed by atoms with Crippen LogP contribution in [-0.2, 0) is 9.53 Å².